The Morgan fingerprint density at radius 1 is 1.33 bits per heavy atom. The minimum Gasteiger partial charge on any atom is -0.368 e. The summed E-state index contributed by atoms with van der Waals surface area (Å²) in [6.45, 7) is 6.90. The lowest BCUT2D eigenvalue weighted by atomic mass is 9.92. The third-order valence-electron chi connectivity index (χ3n) is 3.13. The van der Waals surface area contributed by atoms with Gasteiger partial charge in [-0.2, -0.15) is 0 Å². The Labute approximate surface area is 72.3 Å². The normalized spacial score (nSPS) is 46.1. The summed E-state index contributed by atoms with van der Waals surface area (Å²) in [6, 6.07) is 0. The molecule has 3 aliphatic rings. The van der Waals surface area contributed by atoms with Gasteiger partial charge in [0.25, 0.3) is 0 Å². The van der Waals surface area contributed by atoms with E-state index in [1.54, 1.807) is 0 Å². The van der Waals surface area contributed by atoms with Gasteiger partial charge in [0.05, 0.1) is 0 Å². The number of nitrogens with two attached hydrogens (primary N) is 1. The number of nitrogens with zero attached hydrogens (tertiary/aromatic N) is 2. The molecule has 0 aromatic heterocycles. The Hall–Kier alpha value is -0.610. The lowest BCUT2D eigenvalue weighted by Crippen LogP contribution is -2.71. The van der Waals surface area contributed by atoms with Crippen molar-refractivity contribution in [3.05, 3.63) is 0 Å². The summed E-state index contributed by atoms with van der Waals surface area (Å²) >= 11 is 0. The van der Waals surface area contributed by atoms with Gasteiger partial charge in [0.2, 0.25) is 5.91 Å². The van der Waals surface area contributed by atoms with Crippen molar-refractivity contribution in [1.82, 2.24) is 9.80 Å². The van der Waals surface area contributed by atoms with E-state index >= 15 is 0 Å². The summed E-state index contributed by atoms with van der Waals surface area (Å²) in [5.74, 6) is -0.188. The first-order chi connectivity index (χ1) is 5.63. The van der Waals surface area contributed by atoms with Crippen molar-refractivity contribution in [2.24, 2.45) is 5.73 Å². The van der Waals surface area contributed by atoms with Crippen LogP contribution in [0, 0.1) is 0 Å². The summed E-state index contributed by atoms with van der Waals surface area (Å²) in [4.78, 5) is 15.7. The molecule has 2 N–H and O–H groups in total. The second kappa shape index (κ2) is 2.44. The highest BCUT2D eigenvalue weighted by molar-refractivity contribution is 5.84. The van der Waals surface area contributed by atoms with Crippen LogP contribution >= 0.6 is 0 Å². The molecule has 4 heteroatoms. The average molecular weight is 169 g/mol. The minimum atomic E-state index is -0.406. The largest absolute Gasteiger partial charge is 0.368 e. The molecule has 0 aromatic carbocycles. The fourth-order valence-corrected chi connectivity index (χ4v) is 2.17. The maximum atomic E-state index is 11.2. The molecule has 1 unspecified atom stereocenters. The van der Waals surface area contributed by atoms with Crippen LogP contribution in [0.25, 0.3) is 0 Å². The molecule has 0 spiro atoms. The van der Waals surface area contributed by atoms with E-state index in [4.69, 9.17) is 5.73 Å². The van der Waals surface area contributed by atoms with Gasteiger partial charge in [-0.1, -0.05) is 0 Å². The number of piperazine rings is 3. The van der Waals surface area contributed by atoms with E-state index in [1.807, 2.05) is 6.92 Å². The Morgan fingerprint density at radius 3 is 2.17 bits per heavy atom. The third-order valence-corrected chi connectivity index (χ3v) is 3.13. The van der Waals surface area contributed by atoms with Crippen LogP contribution in [0.4, 0.5) is 0 Å². The molecule has 3 heterocycles. The SMILES string of the molecule is CC1(C(N)=O)CN2CCN1CC2. The zero-order chi connectivity index (χ0) is 8.77. The molecule has 1 atom stereocenters. The fourth-order valence-electron chi connectivity index (χ4n) is 2.17. The van der Waals surface area contributed by atoms with Crippen molar-refractivity contribution >= 4 is 5.91 Å². The first-order valence-corrected chi connectivity index (χ1v) is 4.40. The summed E-state index contributed by atoms with van der Waals surface area (Å²) in [5.41, 5.74) is 4.97. The van der Waals surface area contributed by atoms with E-state index in [0.717, 1.165) is 32.7 Å². The van der Waals surface area contributed by atoms with Crippen LogP contribution in [0.3, 0.4) is 0 Å². The quantitative estimate of drug-likeness (QED) is 0.540. The summed E-state index contributed by atoms with van der Waals surface area (Å²) in [6.07, 6.45) is 0. The number of carbonyl (C=O) groups is 1. The average Bonchev–Trinajstić information content (AvgIpc) is 2.05. The van der Waals surface area contributed by atoms with Crippen molar-refractivity contribution in [3.8, 4) is 0 Å². The van der Waals surface area contributed by atoms with E-state index < -0.39 is 5.54 Å². The summed E-state index contributed by atoms with van der Waals surface area (Å²) in [7, 11) is 0. The van der Waals surface area contributed by atoms with Crippen LogP contribution in [0.5, 0.6) is 0 Å². The van der Waals surface area contributed by atoms with Crippen molar-refractivity contribution in [3.63, 3.8) is 0 Å². The Morgan fingerprint density at radius 2 is 1.92 bits per heavy atom. The molecular formula is C8H15N3O. The van der Waals surface area contributed by atoms with Crippen molar-refractivity contribution in [1.29, 1.82) is 0 Å². The van der Waals surface area contributed by atoms with Crippen LogP contribution in [0.15, 0.2) is 0 Å². The van der Waals surface area contributed by atoms with Crippen LogP contribution in [-0.4, -0.2) is 54.0 Å². The van der Waals surface area contributed by atoms with Gasteiger partial charge in [-0.25, -0.2) is 0 Å². The minimum absolute atomic E-state index is 0.188. The van der Waals surface area contributed by atoms with E-state index in [-0.39, 0.29) is 5.91 Å². The third kappa shape index (κ3) is 0.949. The smallest absolute Gasteiger partial charge is 0.238 e. The predicted molar refractivity (Wildman–Crippen MR) is 45.6 cm³/mol. The van der Waals surface area contributed by atoms with E-state index in [1.165, 1.54) is 0 Å². The topological polar surface area (TPSA) is 49.6 Å². The number of fused-ring (bicyclic) bond motifs is 3. The van der Waals surface area contributed by atoms with E-state index in [9.17, 15) is 4.79 Å². The standard InChI is InChI=1S/C8H15N3O/c1-8(7(9)12)6-10-2-4-11(8)5-3-10/h2-6H2,1H3,(H2,9,12). The molecule has 3 rings (SSSR count). The zero-order valence-corrected chi connectivity index (χ0v) is 7.42. The summed E-state index contributed by atoms with van der Waals surface area (Å²) < 4.78 is 0. The van der Waals surface area contributed by atoms with Crippen LogP contribution in [0.2, 0.25) is 0 Å². The van der Waals surface area contributed by atoms with Crippen LogP contribution < -0.4 is 5.73 Å². The van der Waals surface area contributed by atoms with Gasteiger partial charge in [0.1, 0.15) is 5.54 Å². The van der Waals surface area contributed by atoms with Crippen LogP contribution in [-0.2, 0) is 4.79 Å². The number of carbonyl (C=O) groups excluding carboxylic acids is 1. The highest BCUT2D eigenvalue weighted by Gasteiger charge is 2.45. The Kier molecular flexibility index (Phi) is 1.63. The molecule has 0 saturated carbocycles. The highest BCUT2D eigenvalue weighted by atomic mass is 16.1. The van der Waals surface area contributed by atoms with Gasteiger partial charge in [-0.15, -0.1) is 0 Å². The maximum absolute atomic E-state index is 11.2. The van der Waals surface area contributed by atoms with Gasteiger partial charge < -0.3 is 5.73 Å². The first kappa shape index (κ1) is 8.01. The molecule has 0 aliphatic carbocycles. The number of hydrogen-bond donors (Lipinski definition) is 1. The number of hydrogen-bond acceptors (Lipinski definition) is 3. The fraction of sp³-hybridized carbons (Fsp3) is 0.875. The lowest BCUT2D eigenvalue weighted by Gasteiger charge is -2.52. The second-order valence-corrected chi connectivity index (χ2v) is 3.90. The van der Waals surface area contributed by atoms with Gasteiger partial charge in [-0.3, -0.25) is 14.6 Å². The van der Waals surface area contributed by atoms with Gasteiger partial charge >= 0.3 is 0 Å². The van der Waals surface area contributed by atoms with E-state index in [0.29, 0.717) is 0 Å². The van der Waals surface area contributed by atoms with Crippen molar-refractivity contribution in [2.45, 2.75) is 12.5 Å². The molecule has 2 bridgehead atoms. The van der Waals surface area contributed by atoms with Crippen LogP contribution in [0.1, 0.15) is 6.92 Å². The second-order valence-electron chi connectivity index (χ2n) is 3.90. The predicted octanol–water partition coefficient (Wildman–Crippen LogP) is -1.14. The van der Waals surface area contributed by atoms with Crippen molar-refractivity contribution < 1.29 is 4.79 Å². The van der Waals surface area contributed by atoms with Gasteiger partial charge in [0, 0.05) is 32.7 Å². The molecule has 0 radical (unpaired) electrons. The van der Waals surface area contributed by atoms with Gasteiger partial charge in [-0.05, 0) is 6.92 Å². The molecule has 4 nitrogen and oxygen atoms in total. The highest BCUT2D eigenvalue weighted by Crippen LogP contribution is 2.24. The molecule has 3 saturated heterocycles. The molecule has 3 fully saturated rings. The molecule has 1 amide bonds. The lowest BCUT2D eigenvalue weighted by molar-refractivity contribution is -0.138. The molecule has 3 aliphatic heterocycles. The Balaban J connectivity index is 2.22. The van der Waals surface area contributed by atoms with E-state index in [2.05, 4.69) is 9.80 Å². The monoisotopic (exact) mass is 169 g/mol. The molecule has 0 aromatic rings. The maximum Gasteiger partial charge on any atom is 0.238 e. The Bertz CT molecular complexity index is 210. The number of rotatable bonds is 1. The number of amides is 1. The van der Waals surface area contributed by atoms with Gasteiger partial charge in [0.15, 0.2) is 0 Å². The zero-order valence-electron chi connectivity index (χ0n) is 7.42. The molecular weight excluding hydrogens is 154 g/mol. The molecule has 12 heavy (non-hydrogen) atoms. The first-order valence-electron chi connectivity index (χ1n) is 4.40. The molecule has 68 valence electrons. The van der Waals surface area contributed by atoms with Crippen molar-refractivity contribution in [2.75, 3.05) is 32.7 Å². The number of primary amides is 1. The summed E-state index contributed by atoms with van der Waals surface area (Å²) in [5, 5.41) is 0.